The van der Waals surface area contributed by atoms with Gasteiger partial charge in [0.15, 0.2) is 0 Å². The van der Waals surface area contributed by atoms with Crippen LogP contribution >= 0.6 is 11.6 Å². The van der Waals surface area contributed by atoms with Gasteiger partial charge in [-0.2, -0.15) is 0 Å². The Morgan fingerprint density at radius 1 is 1.14 bits per heavy atom. The largest absolute Gasteiger partial charge is 0.321 e. The second-order valence-electron chi connectivity index (χ2n) is 3.28. The number of rotatable bonds is 2. The number of hydrogen-bond donors (Lipinski definition) is 0. The summed E-state index contributed by atoms with van der Waals surface area (Å²) < 4.78 is 2.15. The van der Waals surface area contributed by atoms with Gasteiger partial charge in [0.25, 0.3) is 0 Å². The molecule has 0 aliphatic carbocycles. The van der Waals surface area contributed by atoms with E-state index in [1.807, 2.05) is 18.2 Å². The molecule has 0 N–H and O–H groups in total. The Morgan fingerprint density at radius 2 is 1.93 bits per heavy atom. The predicted molar refractivity (Wildman–Crippen MR) is 60.1 cm³/mol. The van der Waals surface area contributed by atoms with Crippen molar-refractivity contribution in [3.8, 4) is 5.69 Å². The third-order valence-electron chi connectivity index (χ3n) is 2.35. The Bertz CT molecular complexity index is 431. The van der Waals surface area contributed by atoms with E-state index in [-0.39, 0.29) is 0 Å². The first-order valence-electron chi connectivity index (χ1n) is 4.61. The van der Waals surface area contributed by atoms with E-state index in [0.29, 0.717) is 5.88 Å². The molecule has 1 heterocycles. The molecular weight excluding hydrogens is 194 g/mol. The quantitative estimate of drug-likeness (QED) is 0.662. The van der Waals surface area contributed by atoms with Crippen LogP contribution < -0.4 is 0 Å². The van der Waals surface area contributed by atoms with Crippen LogP contribution in [0.25, 0.3) is 5.69 Å². The molecule has 0 saturated heterocycles. The lowest BCUT2D eigenvalue weighted by Gasteiger charge is -2.10. The zero-order chi connectivity index (χ0) is 9.97. The molecule has 14 heavy (non-hydrogen) atoms. The summed E-state index contributed by atoms with van der Waals surface area (Å²) in [5.74, 6) is 0.549. The van der Waals surface area contributed by atoms with Gasteiger partial charge in [-0.3, -0.25) is 0 Å². The minimum atomic E-state index is 0.549. The maximum atomic E-state index is 5.89. The van der Waals surface area contributed by atoms with Crippen LogP contribution in [0.3, 0.4) is 0 Å². The highest BCUT2D eigenvalue weighted by atomic mass is 35.5. The highest BCUT2D eigenvalue weighted by molar-refractivity contribution is 6.17. The summed E-state index contributed by atoms with van der Waals surface area (Å²) in [6.45, 7) is 2.09. The molecule has 1 aromatic heterocycles. The van der Waals surface area contributed by atoms with Crippen molar-refractivity contribution in [1.82, 2.24) is 4.57 Å². The van der Waals surface area contributed by atoms with Crippen LogP contribution in [0, 0.1) is 6.92 Å². The molecule has 0 spiro atoms. The molecule has 2 rings (SSSR count). The van der Waals surface area contributed by atoms with Crippen LogP contribution in [-0.4, -0.2) is 4.57 Å². The molecule has 0 amide bonds. The molecule has 0 aliphatic heterocycles. The SMILES string of the molecule is Cc1cccn1-c1ccccc1CCl. The summed E-state index contributed by atoms with van der Waals surface area (Å²) in [6.07, 6.45) is 2.06. The lowest BCUT2D eigenvalue weighted by Crippen LogP contribution is -1.98. The van der Waals surface area contributed by atoms with E-state index in [2.05, 4.69) is 35.9 Å². The van der Waals surface area contributed by atoms with Crippen molar-refractivity contribution in [1.29, 1.82) is 0 Å². The lowest BCUT2D eigenvalue weighted by atomic mass is 10.2. The van der Waals surface area contributed by atoms with Crippen LogP contribution in [0.15, 0.2) is 42.6 Å². The summed E-state index contributed by atoms with van der Waals surface area (Å²) in [5.41, 5.74) is 3.56. The van der Waals surface area contributed by atoms with Gasteiger partial charge in [0.05, 0.1) is 0 Å². The summed E-state index contributed by atoms with van der Waals surface area (Å²) in [5, 5.41) is 0. The smallest absolute Gasteiger partial charge is 0.0496 e. The zero-order valence-corrected chi connectivity index (χ0v) is 8.83. The standard InChI is InChI=1S/C12H12ClN/c1-10-5-4-8-14(10)12-7-3-2-6-11(12)9-13/h2-8H,9H2,1H3. The molecule has 0 unspecified atom stereocenters. The topological polar surface area (TPSA) is 4.93 Å². The van der Waals surface area contributed by atoms with Gasteiger partial charge in [-0.1, -0.05) is 18.2 Å². The minimum Gasteiger partial charge on any atom is -0.321 e. The number of hydrogen-bond acceptors (Lipinski definition) is 0. The number of benzene rings is 1. The van der Waals surface area contributed by atoms with Gasteiger partial charge >= 0.3 is 0 Å². The third-order valence-corrected chi connectivity index (χ3v) is 2.64. The summed E-state index contributed by atoms with van der Waals surface area (Å²) >= 11 is 5.89. The molecule has 2 heteroatoms. The maximum absolute atomic E-state index is 5.89. The summed E-state index contributed by atoms with van der Waals surface area (Å²) in [6, 6.07) is 12.3. The van der Waals surface area contributed by atoms with E-state index in [0.717, 1.165) is 5.56 Å². The third kappa shape index (κ3) is 1.55. The second-order valence-corrected chi connectivity index (χ2v) is 3.55. The van der Waals surface area contributed by atoms with Crippen molar-refractivity contribution in [2.75, 3.05) is 0 Å². The lowest BCUT2D eigenvalue weighted by molar-refractivity contribution is 0.998. The monoisotopic (exact) mass is 205 g/mol. The number of halogens is 1. The van der Waals surface area contributed by atoms with E-state index in [4.69, 9.17) is 11.6 Å². The zero-order valence-electron chi connectivity index (χ0n) is 8.07. The first kappa shape index (κ1) is 9.35. The van der Waals surface area contributed by atoms with Crippen molar-refractivity contribution in [3.05, 3.63) is 53.9 Å². The number of aryl methyl sites for hydroxylation is 1. The molecule has 0 saturated carbocycles. The average Bonchev–Trinajstić information content (AvgIpc) is 2.64. The minimum absolute atomic E-state index is 0.549. The molecule has 0 fully saturated rings. The van der Waals surface area contributed by atoms with Gasteiger partial charge in [-0.15, -0.1) is 11.6 Å². The number of para-hydroxylation sites is 1. The van der Waals surface area contributed by atoms with Crippen LogP contribution in [0.5, 0.6) is 0 Å². The van der Waals surface area contributed by atoms with Gasteiger partial charge in [0.2, 0.25) is 0 Å². The van der Waals surface area contributed by atoms with Crippen molar-refractivity contribution in [3.63, 3.8) is 0 Å². The van der Waals surface area contributed by atoms with Crippen molar-refractivity contribution in [2.45, 2.75) is 12.8 Å². The molecule has 72 valence electrons. The average molecular weight is 206 g/mol. The highest BCUT2D eigenvalue weighted by Gasteiger charge is 2.03. The molecule has 1 nitrogen and oxygen atoms in total. The molecule has 0 radical (unpaired) electrons. The van der Waals surface area contributed by atoms with Crippen LogP contribution in [-0.2, 0) is 5.88 Å². The fourth-order valence-corrected chi connectivity index (χ4v) is 1.82. The Morgan fingerprint density at radius 3 is 2.57 bits per heavy atom. The Labute approximate surface area is 88.9 Å². The first-order chi connectivity index (χ1) is 6.83. The Hall–Kier alpha value is -1.21. The van der Waals surface area contributed by atoms with Gasteiger partial charge in [0.1, 0.15) is 0 Å². The van der Waals surface area contributed by atoms with E-state index in [9.17, 15) is 0 Å². The molecular formula is C12H12ClN. The second kappa shape index (κ2) is 3.89. The van der Waals surface area contributed by atoms with Gasteiger partial charge < -0.3 is 4.57 Å². The van der Waals surface area contributed by atoms with Crippen molar-refractivity contribution in [2.24, 2.45) is 0 Å². The van der Waals surface area contributed by atoms with Crippen LogP contribution in [0.1, 0.15) is 11.3 Å². The maximum Gasteiger partial charge on any atom is 0.0496 e. The predicted octanol–water partition coefficient (Wildman–Crippen LogP) is 3.52. The summed E-state index contributed by atoms with van der Waals surface area (Å²) in [7, 11) is 0. The highest BCUT2D eigenvalue weighted by Crippen LogP contribution is 2.18. The molecule has 1 aromatic carbocycles. The van der Waals surface area contributed by atoms with Gasteiger partial charge in [0, 0.05) is 23.5 Å². The molecule has 0 bridgehead atoms. The fraction of sp³-hybridized carbons (Fsp3) is 0.167. The Kier molecular flexibility index (Phi) is 2.60. The first-order valence-corrected chi connectivity index (χ1v) is 5.14. The van der Waals surface area contributed by atoms with Crippen LogP contribution in [0.4, 0.5) is 0 Å². The van der Waals surface area contributed by atoms with Crippen molar-refractivity contribution >= 4 is 11.6 Å². The number of nitrogens with zero attached hydrogens (tertiary/aromatic N) is 1. The number of alkyl halides is 1. The molecule has 0 atom stereocenters. The van der Waals surface area contributed by atoms with Gasteiger partial charge in [-0.05, 0) is 30.7 Å². The van der Waals surface area contributed by atoms with E-state index < -0.39 is 0 Å². The Balaban J connectivity index is 2.56. The molecule has 0 aliphatic rings. The van der Waals surface area contributed by atoms with Crippen molar-refractivity contribution < 1.29 is 0 Å². The summed E-state index contributed by atoms with van der Waals surface area (Å²) in [4.78, 5) is 0. The van der Waals surface area contributed by atoms with E-state index in [1.165, 1.54) is 11.4 Å². The fourth-order valence-electron chi connectivity index (χ4n) is 1.60. The number of aromatic nitrogens is 1. The van der Waals surface area contributed by atoms with Crippen LogP contribution in [0.2, 0.25) is 0 Å². The van der Waals surface area contributed by atoms with Gasteiger partial charge in [-0.25, -0.2) is 0 Å². The molecule has 2 aromatic rings. The van der Waals surface area contributed by atoms with E-state index in [1.54, 1.807) is 0 Å². The normalized spacial score (nSPS) is 10.4. The van der Waals surface area contributed by atoms with E-state index >= 15 is 0 Å².